The Morgan fingerprint density at radius 3 is 2.80 bits per heavy atom. The third kappa shape index (κ3) is 1.33. The molecule has 0 amide bonds. The lowest BCUT2D eigenvalue weighted by molar-refractivity contribution is -0.111. The Morgan fingerprint density at radius 1 is 1.70 bits per heavy atom. The largest absolute Gasteiger partial charge is 0.294 e. The van der Waals surface area contributed by atoms with Crippen molar-refractivity contribution >= 4 is 22.7 Å². The Kier molecular flexibility index (Phi) is 2.02. The normalized spacial score (nSPS) is 9.30. The number of allylic oxidation sites excluding steroid dienone is 1. The molecule has 1 heterocycles. The second kappa shape index (κ2) is 2.80. The number of rotatable bonds is 2. The summed E-state index contributed by atoms with van der Waals surface area (Å²) in [6, 6.07) is 3.81. The van der Waals surface area contributed by atoms with Crippen molar-refractivity contribution in [2.24, 2.45) is 0 Å². The number of carbonyl (C=O) groups is 1. The molecule has 0 saturated heterocycles. The van der Waals surface area contributed by atoms with Crippen LogP contribution in [0.25, 0.3) is 5.57 Å². The van der Waals surface area contributed by atoms with Gasteiger partial charge in [-0.1, -0.05) is 12.6 Å². The van der Waals surface area contributed by atoms with Crippen molar-refractivity contribution in [1.82, 2.24) is 0 Å². The van der Waals surface area contributed by atoms with E-state index in [1.54, 1.807) is 0 Å². The minimum Gasteiger partial charge on any atom is -0.294 e. The monoisotopic (exact) mass is 152 g/mol. The third-order valence-electron chi connectivity index (χ3n) is 1.24. The van der Waals surface area contributed by atoms with E-state index in [0.29, 0.717) is 5.57 Å². The van der Waals surface area contributed by atoms with Gasteiger partial charge in [0.25, 0.3) is 0 Å². The van der Waals surface area contributed by atoms with E-state index in [-0.39, 0.29) is 5.78 Å². The van der Waals surface area contributed by atoms with Gasteiger partial charge < -0.3 is 0 Å². The van der Waals surface area contributed by atoms with Crippen LogP contribution in [0.1, 0.15) is 11.8 Å². The molecule has 52 valence electrons. The summed E-state index contributed by atoms with van der Waals surface area (Å²) in [5.41, 5.74) is 0.606. The maximum Gasteiger partial charge on any atom is 0.160 e. The lowest BCUT2D eigenvalue weighted by Gasteiger charge is -1.93. The van der Waals surface area contributed by atoms with Crippen molar-refractivity contribution < 1.29 is 4.79 Å². The van der Waals surface area contributed by atoms with Crippen molar-refractivity contribution in [3.8, 4) is 0 Å². The molecule has 0 unspecified atom stereocenters. The fraction of sp³-hybridized carbons (Fsp3) is 0.125. The summed E-state index contributed by atoms with van der Waals surface area (Å²) in [7, 11) is 0. The van der Waals surface area contributed by atoms with E-state index in [1.807, 2.05) is 17.5 Å². The van der Waals surface area contributed by atoms with Crippen LogP contribution in [0, 0.1) is 0 Å². The summed E-state index contributed by atoms with van der Waals surface area (Å²) in [5, 5.41) is 1.93. The summed E-state index contributed by atoms with van der Waals surface area (Å²) in [6.45, 7) is 5.19. The van der Waals surface area contributed by atoms with E-state index in [1.165, 1.54) is 18.3 Å². The summed E-state index contributed by atoms with van der Waals surface area (Å²) in [4.78, 5) is 11.7. The number of hydrogen-bond donors (Lipinski definition) is 0. The van der Waals surface area contributed by atoms with Crippen LogP contribution >= 0.6 is 11.3 Å². The highest BCUT2D eigenvalue weighted by Crippen LogP contribution is 2.18. The molecular weight excluding hydrogens is 144 g/mol. The quantitative estimate of drug-likeness (QED) is 0.594. The highest BCUT2D eigenvalue weighted by atomic mass is 32.1. The fourth-order valence-electron chi connectivity index (χ4n) is 0.624. The number of hydrogen-bond acceptors (Lipinski definition) is 2. The number of ketones is 1. The van der Waals surface area contributed by atoms with E-state index in [0.717, 1.165) is 4.88 Å². The number of Topliss-reactive ketones (excluding diaryl/α,β-unsaturated/α-hetero) is 1. The highest BCUT2D eigenvalue weighted by Gasteiger charge is 2.02. The molecule has 0 aromatic carbocycles. The van der Waals surface area contributed by atoms with Crippen molar-refractivity contribution in [2.75, 3.05) is 0 Å². The molecule has 1 nitrogen and oxygen atoms in total. The lowest BCUT2D eigenvalue weighted by atomic mass is 10.2. The Bertz CT molecular complexity index is 246. The van der Waals surface area contributed by atoms with E-state index >= 15 is 0 Å². The molecule has 0 fully saturated rings. The molecule has 0 N–H and O–H groups in total. The van der Waals surface area contributed by atoms with Gasteiger partial charge in [0.15, 0.2) is 5.78 Å². The maximum atomic E-state index is 10.7. The molecule has 10 heavy (non-hydrogen) atoms. The molecule has 0 aliphatic heterocycles. The summed E-state index contributed by atoms with van der Waals surface area (Å²) in [6.07, 6.45) is 0. The Hall–Kier alpha value is -0.890. The SMILES string of the molecule is C=C(C(C)=O)c1cccs1. The fourth-order valence-corrected chi connectivity index (χ4v) is 1.37. The molecule has 0 atom stereocenters. The summed E-state index contributed by atoms with van der Waals surface area (Å²) >= 11 is 1.54. The first-order valence-corrected chi connectivity index (χ1v) is 3.83. The van der Waals surface area contributed by atoms with Crippen LogP contribution < -0.4 is 0 Å². The average molecular weight is 152 g/mol. The van der Waals surface area contributed by atoms with Crippen LogP contribution in [0.3, 0.4) is 0 Å². The summed E-state index contributed by atoms with van der Waals surface area (Å²) < 4.78 is 0. The number of thiophene rings is 1. The van der Waals surface area contributed by atoms with Crippen LogP contribution in [0.5, 0.6) is 0 Å². The zero-order chi connectivity index (χ0) is 7.56. The van der Waals surface area contributed by atoms with Gasteiger partial charge in [-0.3, -0.25) is 4.79 Å². The van der Waals surface area contributed by atoms with Crippen LogP contribution in [0.2, 0.25) is 0 Å². The average Bonchev–Trinajstić information content (AvgIpc) is 2.36. The lowest BCUT2D eigenvalue weighted by Crippen LogP contribution is -1.90. The second-order valence-electron chi connectivity index (χ2n) is 2.01. The second-order valence-corrected chi connectivity index (χ2v) is 2.96. The molecule has 1 aromatic rings. The zero-order valence-electron chi connectivity index (χ0n) is 5.76. The smallest absolute Gasteiger partial charge is 0.160 e. The first-order valence-electron chi connectivity index (χ1n) is 2.95. The summed E-state index contributed by atoms with van der Waals surface area (Å²) in [5.74, 6) is 0.0439. The van der Waals surface area contributed by atoms with Gasteiger partial charge >= 0.3 is 0 Å². The predicted octanol–water partition coefficient (Wildman–Crippen LogP) is 2.35. The van der Waals surface area contributed by atoms with Crippen LogP contribution in [-0.2, 0) is 4.79 Å². The van der Waals surface area contributed by atoms with Crippen molar-refractivity contribution in [2.45, 2.75) is 6.92 Å². The molecular formula is C8H8OS. The Morgan fingerprint density at radius 2 is 2.40 bits per heavy atom. The molecule has 0 aliphatic carbocycles. The minimum atomic E-state index is 0.0439. The van der Waals surface area contributed by atoms with Gasteiger partial charge in [0, 0.05) is 10.5 Å². The third-order valence-corrected chi connectivity index (χ3v) is 2.17. The molecule has 0 saturated carbocycles. The van der Waals surface area contributed by atoms with Gasteiger partial charge in [0.2, 0.25) is 0 Å². The van der Waals surface area contributed by atoms with Gasteiger partial charge in [0.1, 0.15) is 0 Å². The standard InChI is InChI=1S/C8H8OS/c1-6(7(2)9)8-4-3-5-10-8/h3-5H,1H2,2H3. The van der Waals surface area contributed by atoms with E-state index in [4.69, 9.17) is 0 Å². The molecule has 1 rings (SSSR count). The molecule has 0 spiro atoms. The molecule has 0 aliphatic rings. The molecule has 2 heteroatoms. The molecule has 1 aromatic heterocycles. The van der Waals surface area contributed by atoms with Gasteiger partial charge in [0.05, 0.1) is 0 Å². The van der Waals surface area contributed by atoms with Gasteiger partial charge in [-0.05, 0) is 18.4 Å². The van der Waals surface area contributed by atoms with Crippen LogP contribution in [0.4, 0.5) is 0 Å². The van der Waals surface area contributed by atoms with Gasteiger partial charge in [-0.15, -0.1) is 11.3 Å². The van der Waals surface area contributed by atoms with Crippen LogP contribution in [-0.4, -0.2) is 5.78 Å². The maximum absolute atomic E-state index is 10.7. The minimum absolute atomic E-state index is 0.0439. The van der Waals surface area contributed by atoms with Crippen molar-refractivity contribution in [3.63, 3.8) is 0 Å². The van der Waals surface area contributed by atoms with Crippen LogP contribution in [0.15, 0.2) is 24.1 Å². The number of carbonyl (C=O) groups excluding carboxylic acids is 1. The Balaban J connectivity index is 2.88. The van der Waals surface area contributed by atoms with Gasteiger partial charge in [-0.25, -0.2) is 0 Å². The zero-order valence-corrected chi connectivity index (χ0v) is 6.57. The van der Waals surface area contributed by atoms with E-state index in [2.05, 4.69) is 6.58 Å². The topological polar surface area (TPSA) is 17.1 Å². The van der Waals surface area contributed by atoms with Crippen molar-refractivity contribution in [1.29, 1.82) is 0 Å². The predicted molar refractivity (Wildman–Crippen MR) is 44.0 cm³/mol. The first kappa shape index (κ1) is 7.22. The van der Waals surface area contributed by atoms with Gasteiger partial charge in [-0.2, -0.15) is 0 Å². The Labute approximate surface area is 64.0 Å². The van der Waals surface area contributed by atoms with Crippen molar-refractivity contribution in [3.05, 3.63) is 29.0 Å². The first-order chi connectivity index (χ1) is 4.72. The molecule has 0 radical (unpaired) electrons. The van der Waals surface area contributed by atoms with E-state index < -0.39 is 0 Å². The molecule has 0 bridgehead atoms. The highest BCUT2D eigenvalue weighted by molar-refractivity contribution is 7.11. The van der Waals surface area contributed by atoms with E-state index in [9.17, 15) is 4.79 Å².